The smallest absolute Gasteiger partial charge is 0.184 e. The maximum atomic E-state index is 9.08. The Morgan fingerprint density at radius 2 is 2.24 bits per heavy atom. The van der Waals surface area contributed by atoms with Crippen molar-refractivity contribution in [2.75, 3.05) is 0 Å². The molecule has 0 saturated heterocycles. The Hall–Kier alpha value is -2.10. The third-order valence-corrected chi connectivity index (χ3v) is 3.97. The molecule has 0 bridgehead atoms. The Kier molecular flexibility index (Phi) is 3.32. The largest absolute Gasteiger partial charge is 0.327 e. The summed E-state index contributed by atoms with van der Waals surface area (Å²) in [5.41, 5.74) is 3.84. The van der Waals surface area contributed by atoms with Gasteiger partial charge in [0, 0.05) is 6.54 Å². The van der Waals surface area contributed by atoms with Crippen LogP contribution in [0.15, 0.2) is 18.2 Å². The van der Waals surface area contributed by atoms with Crippen molar-refractivity contribution in [2.24, 2.45) is 0 Å². The lowest BCUT2D eigenvalue weighted by Crippen LogP contribution is -2.04. The Morgan fingerprint density at radius 1 is 1.48 bits per heavy atom. The Balaban J connectivity index is 2.43. The van der Waals surface area contributed by atoms with Gasteiger partial charge in [0.05, 0.1) is 28.0 Å². The zero-order valence-corrected chi connectivity index (χ0v) is 13.1. The molecule has 0 atom stereocenters. The van der Waals surface area contributed by atoms with E-state index in [1.165, 1.54) is 0 Å². The van der Waals surface area contributed by atoms with Crippen molar-refractivity contribution >= 4 is 35.0 Å². The van der Waals surface area contributed by atoms with Crippen LogP contribution in [-0.2, 0) is 6.54 Å². The molecule has 0 amide bonds. The summed E-state index contributed by atoms with van der Waals surface area (Å²) in [7, 11) is 0. The van der Waals surface area contributed by atoms with Crippen molar-refractivity contribution in [3.8, 4) is 11.8 Å². The van der Waals surface area contributed by atoms with Crippen molar-refractivity contribution < 1.29 is 0 Å². The number of halogens is 1. The van der Waals surface area contributed by atoms with E-state index in [-0.39, 0.29) is 0 Å². The van der Waals surface area contributed by atoms with E-state index in [0.29, 0.717) is 27.6 Å². The van der Waals surface area contributed by atoms with E-state index in [1.807, 2.05) is 23.1 Å². The second-order valence-corrected chi connectivity index (χ2v) is 5.44. The first kappa shape index (κ1) is 13.9. The molecule has 0 radical (unpaired) electrons. The predicted octanol–water partition coefficient (Wildman–Crippen LogP) is 3.74. The number of hydrogen-bond acceptors (Lipinski definition) is 3. The molecule has 21 heavy (non-hydrogen) atoms. The third kappa shape index (κ3) is 2.06. The first-order valence-electron chi connectivity index (χ1n) is 6.45. The van der Waals surface area contributed by atoms with Gasteiger partial charge in [-0.1, -0.05) is 11.6 Å². The number of nitriles is 1. The van der Waals surface area contributed by atoms with Crippen molar-refractivity contribution in [3.63, 3.8) is 0 Å². The highest BCUT2D eigenvalue weighted by atomic mass is 35.5. The molecule has 0 aliphatic rings. The fourth-order valence-electron chi connectivity index (χ4n) is 2.40. The van der Waals surface area contributed by atoms with E-state index in [0.717, 1.165) is 16.9 Å². The van der Waals surface area contributed by atoms with E-state index in [2.05, 4.69) is 16.2 Å². The standard InChI is InChI=1S/C14H12ClN5S/c1-3-19-13-12(8(2)18-19)17-14(21)20(13)11-6-9(7-16)4-5-10(11)15/h4-6H,3H2,1-2H3,(H,17,21). The topological polar surface area (TPSA) is 62.3 Å². The number of fused-ring (bicyclic) bond motifs is 1. The minimum absolute atomic E-state index is 0.532. The lowest BCUT2D eigenvalue weighted by atomic mass is 10.2. The van der Waals surface area contributed by atoms with Gasteiger partial charge in [-0.3, -0.25) is 4.57 Å². The molecular weight excluding hydrogens is 306 g/mol. The van der Waals surface area contributed by atoms with Crippen LogP contribution in [0.1, 0.15) is 18.2 Å². The van der Waals surface area contributed by atoms with Crippen LogP contribution < -0.4 is 0 Å². The second-order valence-electron chi connectivity index (χ2n) is 4.64. The fourth-order valence-corrected chi connectivity index (χ4v) is 2.89. The molecule has 106 valence electrons. The van der Waals surface area contributed by atoms with Gasteiger partial charge in [-0.25, -0.2) is 4.68 Å². The van der Waals surface area contributed by atoms with Gasteiger partial charge in [0.1, 0.15) is 5.52 Å². The minimum Gasteiger partial charge on any atom is -0.327 e. The Labute approximate surface area is 131 Å². The molecule has 2 aromatic heterocycles. The first-order valence-corrected chi connectivity index (χ1v) is 7.23. The van der Waals surface area contributed by atoms with Gasteiger partial charge in [0.25, 0.3) is 0 Å². The number of rotatable bonds is 2. The average molecular weight is 318 g/mol. The van der Waals surface area contributed by atoms with Crippen LogP contribution in [0.5, 0.6) is 0 Å². The molecule has 0 spiro atoms. The summed E-state index contributed by atoms with van der Waals surface area (Å²) in [6.45, 7) is 4.66. The van der Waals surface area contributed by atoms with Crippen molar-refractivity contribution in [2.45, 2.75) is 20.4 Å². The zero-order chi connectivity index (χ0) is 15.1. The lowest BCUT2D eigenvalue weighted by molar-refractivity contribution is 0.662. The summed E-state index contributed by atoms with van der Waals surface area (Å²) >= 11 is 11.7. The number of nitrogens with zero attached hydrogens (tertiary/aromatic N) is 4. The Bertz CT molecular complexity index is 941. The fraction of sp³-hybridized carbons (Fsp3) is 0.214. The highest BCUT2D eigenvalue weighted by Gasteiger charge is 2.17. The molecule has 0 aliphatic carbocycles. The molecule has 7 heteroatoms. The van der Waals surface area contributed by atoms with E-state index in [1.54, 1.807) is 18.2 Å². The molecule has 5 nitrogen and oxygen atoms in total. The normalized spacial score (nSPS) is 11.0. The van der Waals surface area contributed by atoms with Crippen LogP contribution in [0.25, 0.3) is 16.9 Å². The number of benzene rings is 1. The highest BCUT2D eigenvalue weighted by molar-refractivity contribution is 7.71. The summed E-state index contributed by atoms with van der Waals surface area (Å²) < 4.78 is 4.23. The van der Waals surface area contributed by atoms with E-state index >= 15 is 0 Å². The van der Waals surface area contributed by atoms with Crippen LogP contribution >= 0.6 is 23.8 Å². The van der Waals surface area contributed by atoms with Gasteiger partial charge in [0.15, 0.2) is 10.4 Å². The van der Waals surface area contributed by atoms with Crippen molar-refractivity contribution in [1.82, 2.24) is 19.3 Å². The number of H-pyrrole nitrogens is 1. The van der Waals surface area contributed by atoms with Gasteiger partial charge in [-0.15, -0.1) is 0 Å². The van der Waals surface area contributed by atoms with Gasteiger partial charge < -0.3 is 4.98 Å². The van der Waals surface area contributed by atoms with Gasteiger partial charge >= 0.3 is 0 Å². The summed E-state index contributed by atoms with van der Waals surface area (Å²) in [5, 5.41) is 14.1. The monoisotopic (exact) mass is 317 g/mol. The van der Waals surface area contributed by atoms with E-state index in [4.69, 9.17) is 29.1 Å². The third-order valence-electron chi connectivity index (χ3n) is 3.36. The predicted molar refractivity (Wildman–Crippen MR) is 84.4 cm³/mol. The van der Waals surface area contributed by atoms with Gasteiger partial charge in [-0.05, 0) is 44.3 Å². The molecule has 1 aromatic carbocycles. The van der Waals surface area contributed by atoms with Crippen LogP contribution in [0.3, 0.4) is 0 Å². The Morgan fingerprint density at radius 3 is 2.90 bits per heavy atom. The van der Waals surface area contributed by atoms with Crippen LogP contribution in [-0.4, -0.2) is 19.3 Å². The number of aryl methyl sites for hydroxylation is 2. The quantitative estimate of drug-likeness (QED) is 0.732. The molecule has 3 aromatic rings. The summed E-state index contributed by atoms with van der Waals surface area (Å²) in [4.78, 5) is 3.17. The zero-order valence-electron chi connectivity index (χ0n) is 11.5. The summed E-state index contributed by atoms with van der Waals surface area (Å²) in [6, 6.07) is 7.24. The average Bonchev–Trinajstić information content (AvgIpc) is 2.96. The second kappa shape index (κ2) is 5.02. The number of aromatic amines is 1. The highest BCUT2D eigenvalue weighted by Crippen LogP contribution is 2.27. The van der Waals surface area contributed by atoms with Crippen LogP contribution in [0, 0.1) is 23.0 Å². The molecule has 0 unspecified atom stereocenters. The number of imidazole rings is 1. The molecule has 0 aliphatic heterocycles. The molecule has 2 heterocycles. The summed E-state index contributed by atoms with van der Waals surface area (Å²) in [5.74, 6) is 0. The molecule has 3 rings (SSSR count). The molecular formula is C14H12ClN5S. The SMILES string of the molecule is CCn1nc(C)c2[nH]c(=S)n(-c3cc(C#N)ccc3Cl)c21. The molecule has 0 saturated carbocycles. The number of nitrogens with one attached hydrogen (secondary N) is 1. The van der Waals surface area contributed by atoms with Crippen molar-refractivity contribution in [3.05, 3.63) is 39.3 Å². The van der Waals surface area contributed by atoms with Crippen molar-refractivity contribution in [1.29, 1.82) is 5.26 Å². The number of aromatic nitrogens is 4. The van der Waals surface area contributed by atoms with E-state index in [9.17, 15) is 0 Å². The maximum Gasteiger partial charge on any atom is 0.184 e. The maximum absolute atomic E-state index is 9.08. The number of hydrogen-bond donors (Lipinski definition) is 1. The molecule has 1 N–H and O–H groups in total. The first-order chi connectivity index (χ1) is 10.1. The van der Waals surface area contributed by atoms with Crippen LogP contribution in [0.4, 0.5) is 0 Å². The molecule has 0 fully saturated rings. The lowest BCUT2D eigenvalue weighted by Gasteiger charge is -2.08. The van der Waals surface area contributed by atoms with Gasteiger partial charge in [-0.2, -0.15) is 10.4 Å². The summed E-state index contributed by atoms with van der Waals surface area (Å²) in [6.07, 6.45) is 0. The van der Waals surface area contributed by atoms with Crippen LogP contribution in [0.2, 0.25) is 5.02 Å². The van der Waals surface area contributed by atoms with E-state index < -0.39 is 0 Å². The minimum atomic E-state index is 0.532. The van der Waals surface area contributed by atoms with Gasteiger partial charge in [0.2, 0.25) is 0 Å².